The maximum atomic E-state index is 12.6. The van der Waals surface area contributed by atoms with Gasteiger partial charge in [-0.25, -0.2) is 4.79 Å². The van der Waals surface area contributed by atoms with E-state index in [0.29, 0.717) is 17.9 Å². The summed E-state index contributed by atoms with van der Waals surface area (Å²) in [5, 5.41) is 14.9. The average Bonchev–Trinajstić information content (AvgIpc) is 3.14. The minimum Gasteiger partial charge on any atom is -0.452 e. The van der Waals surface area contributed by atoms with E-state index < -0.39 is 10.9 Å². The number of benzene rings is 1. The Bertz CT molecular complexity index is 814. The zero-order valence-corrected chi connectivity index (χ0v) is 15.2. The predicted octanol–water partition coefficient (Wildman–Crippen LogP) is 3.28. The highest BCUT2D eigenvalue weighted by Crippen LogP contribution is 2.28. The molecule has 9 heteroatoms. The molecule has 9 nitrogen and oxygen atoms in total. The molecule has 1 aliphatic heterocycles. The Morgan fingerprint density at radius 2 is 2.11 bits per heavy atom. The quantitative estimate of drug-likeness (QED) is 0.412. The minimum atomic E-state index is -0.644. The van der Waals surface area contributed by atoms with Crippen LogP contribution in [0.2, 0.25) is 0 Å². The number of nitrogens with zero attached hydrogens (tertiary/aromatic N) is 4. The summed E-state index contributed by atoms with van der Waals surface area (Å²) >= 11 is 0. The summed E-state index contributed by atoms with van der Waals surface area (Å²) in [5.74, 6) is 0.124. The van der Waals surface area contributed by atoms with Crippen LogP contribution in [0, 0.1) is 10.1 Å². The minimum absolute atomic E-state index is 0.147. The molecule has 0 spiro atoms. The number of carbonyl (C=O) groups excluding carboxylic acids is 1. The summed E-state index contributed by atoms with van der Waals surface area (Å²) in [5.41, 5.74) is 0.688. The van der Waals surface area contributed by atoms with Gasteiger partial charge < -0.3 is 14.2 Å². The molecule has 0 aliphatic carbocycles. The van der Waals surface area contributed by atoms with Crippen LogP contribution in [0.4, 0.5) is 11.4 Å². The highest BCUT2D eigenvalue weighted by molar-refractivity contribution is 5.96. The zero-order chi connectivity index (χ0) is 19.2. The van der Waals surface area contributed by atoms with Crippen LogP contribution in [0.15, 0.2) is 22.7 Å². The second-order valence-electron chi connectivity index (χ2n) is 6.44. The number of piperidine rings is 1. The first-order chi connectivity index (χ1) is 13.1. The third-order valence-corrected chi connectivity index (χ3v) is 4.42. The molecule has 1 aromatic carbocycles. The van der Waals surface area contributed by atoms with Crippen molar-refractivity contribution in [1.29, 1.82) is 0 Å². The van der Waals surface area contributed by atoms with Crippen LogP contribution < -0.4 is 4.90 Å². The van der Waals surface area contributed by atoms with E-state index in [0.717, 1.165) is 38.8 Å². The molecule has 0 radical (unpaired) electrons. The number of nitro benzene ring substituents is 1. The Morgan fingerprint density at radius 1 is 1.33 bits per heavy atom. The third-order valence-electron chi connectivity index (χ3n) is 4.42. The molecule has 3 rings (SSSR count). The molecule has 0 bridgehead atoms. The smallest absolute Gasteiger partial charge is 0.341 e. The molecule has 2 aromatic rings. The fourth-order valence-electron chi connectivity index (χ4n) is 3.09. The molecule has 0 amide bonds. The monoisotopic (exact) mass is 374 g/mol. The van der Waals surface area contributed by atoms with Gasteiger partial charge in [0.2, 0.25) is 0 Å². The number of aromatic nitrogens is 2. The number of hydrogen-bond donors (Lipinski definition) is 0. The van der Waals surface area contributed by atoms with Crippen LogP contribution in [0.5, 0.6) is 0 Å². The molecular weight excluding hydrogens is 352 g/mol. The van der Waals surface area contributed by atoms with E-state index in [-0.39, 0.29) is 23.7 Å². The van der Waals surface area contributed by atoms with Crippen LogP contribution in [-0.2, 0) is 17.8 Å². The number of hydrogen-bond acceptors (Lipinski definition) is 8. The second-order valence-corrected chi connectivity index (χ2v) is 6.44. The van der Waals surface area contributed by atoms with E-state index in [1.807, 2.05) is 6.92 Å². The summed E-state index contributed by atoms with van der Waals surface area (Å²) in [7, 11) is 0. The number of non-ortho nitro benzene ring substituents is 1. The van der Waals surface area contributed by atoms with Gasteiger partial charge in [0.05, 0.1) is 16.2 Å². The number of ether oxygens (including phenoxy) is 1. The molecule has 0 atom stereocenters. The predicted molar refractivity (Wildman–Crippen MR) is 96.6 cm³/mol. The van der Waals surface area contributed by atoms with Crippen molar-refractivity contribution in [3.8, 4) is 0 Å². The molecule has 0 N–H and O–H groups in total. The molecule has 1 saturated heterocycles. The van der Waals surface area contributed by atoms with Crippen molar-refractivity contribution in [2.45, 2.75) is 45.6 Å². The lowest BCUT2D eigenvalue weighted by atomic mass is 10.1. The maximum absolute atomic E-state index is 12.6. The van der Waals surface area contributed by atoms with Gasteiger partial charge in [-0.2, -0.15) is 4.98 Å². The molecule has 27 heavy (non-hydrogen) atoms. The van der Waals surface area contributed by atoms with Gasteiger partial charge in [0.15, 0.2) is 12.4 Å². The highest BCUT2D eigenvalue weighted by Gasteiger charge is 2.23. The van der Waals surface area contributed by atoms with Crippen molar-refractivity contribution in [2.75, 3.05) is 18.0 Å². The summed E-state index contributed by atoms with van der Waals surface area (Å²) in [4.78, 5) is 29.4. The van der Waals surface area contributed by atoms with Gasteiger partial charge >= 0.3 is 5.97 Å². The Hall–Kier alpha value is -2.97. The van der Waals surface area contributed by atoms with Crippen LogP contribution in [0.3, 0.4) is 0 Å². The Balaban J connectivity index is 1.77. The largest absolute Gasteiger partial charge is 0.452 e. The van der Waals surface area contributed by atoms with E-state index >= 15 is 0 Å². The molecule has 1 aromatic heterocycles. The van der Waals surface area contributed by atoms with Gasteiger partial charge in [0, 0.05) is 31.6 Å². The number of anilines is 1. The van der Waals surface area contributed by atoms with E-state index in [1.165, 1.54) is 12.1 Å². The Labute approximate surface area is 156 Å². The third kappa shape index (κ3) is 4.60. The molecule has 2 heterocycles. The number of nitro groups is 1. The van der Waals surface area contributed by atoms with Crippen LogP contribution in [0.1, 0.15) is 54.7 Å². The molecule has 1 fully saturated rings. The fraction of sp³-hybridized carbons (Fsp3) is 0.500. The number of rotatable bonds is 7. The number of carbonyl (C=O) groups is 1. The normalized spacial score (nSPS) is 14.2. The highest BCUT2D eigenvalue weighted by atomic mass is 16.6. The molecular formula is C18H22N4O5. The fourth-order valence-corrected chi connectivity index (χ4v) is 3.09. The van der Waals surface area contributed by atoms with Crippen molar-refractivity contribution < 1.29 is 19.0 Å². The van der Waals surface area contributed by atoms with Crippen molar-refractivity contribution in [1.82, 2.24) is 10.1 Å². The standard InChI is InChI=1S/C18H22N4O5/c1-2-6-16-19-17(27-20-16)12-26-18(23)14-11-13(22(24)25)7-8-15(14)21-9-4-3-5-10-21/h7-8,11H,2-6,9-10,12H2,1H3. The van der Waals surface area contributed by atoms with Crippen molar-refractivity contribution in [2.24, 2.45) is 0 Å². The summed E-state index contributed by atoms with van der Waals surface area (Å²) in [6.07, 6.45) is 4.74. The van der Waals surface area contributed by atoms with Crippen molar-refractivity contribution >= 4 is 17.3 Å². The molecule has 144 valence electrons. The van der Waals surface area contributed by atoms with Gasteiger partial charge in [-0.05, 0) is 31.7 Å². The van der Waals surface area contributed by atoms with Gasteiger partial charge in [-0.3, -0.25) is 10.1 Å². The van der Waals surface area contributed by atoms with Gasteiger partial charge in [-0.1, -0.05) is 12.1 Å². The topological polar surface area (TPSA) is 112 Å². The Morgan fingerprint density at radius 3 is 2.81 bits per heavy atom. The first-order valence-corrected chi connectivity index (χ1v) is 9.10. The van der Waals surface area contributed by atoms with Gasteiger partial charge in [-0.15, -0.1) is 0 Å². The first-order valence-electron chi connectivity index (χ1n) is 9.10. The molecule has 0 saturated carbocycles. The first kappa shape index (κ1) is 18.8. The number of esters is 1. The van der Waals surface area contributed by atoms with Gasteiger partial charge in [0.1, 0.15) is 0 Å². The zero-order valence-electron chi connectivity index (χ0n) is 15.2. The summed E-state index contributed by atoms with van der Waals surface area (Å²) in [6.45, 7) is 3.45. The van der Waals surface area contributed by atoms with Gasteiger partial charge in [0.25, 0.3) is 11.6 Å². The lowest BCUT2D eigenvalue weighted by Crippen LogP contribution is -2.31. The second kappa shape index (κ2) is 8.61. The maximum Gasteiger partial charge on any atom is 0.341 e. The molecule has 0 unspecified atom stereocenters. The lowest BCUT2D eigenvalue weighted by Gasteiger charge is -2.30. The van der Waals surface area contributed by atoms with E-state index in [2.05, 4.69) is 15.0 Å². The van der Waals surface area contributed by atoms with E-state index in [9.17, 15) is 14.9 Å². The lowest BCUT2D eigenvalue weighted by molar-refractivity contribution is -0.384. The van der Waals surface area contributed by atoms with E-state index in [4.69, 9.17) is 9.26 Å². The van der Waals surface area contributed by atoms with Crippen molar-refractivity contribution in [3.63, 3.8) is 0 Å². The summed E-state index contributed by atoms with van der Waals surface area (Å²) < 4.78 is 10.3. The summed E-state index contributed by atoms with van der Waals surface area (Å²) in [6, 6.07) is 4.30. The van der Waals surface area contributed by atoms with Crippen LogP contribution >= 0.6 is 0 Å². The number of aryl methyl sites for hydroxylation is 1. The van der Waals surface area contributed by atoms with Crippen molar-refractivity contribution in [3.05, 3.63) is 45.6 Å². The molecule has 1 aliphatic rings. The van der Waals surface area contributed by atoms with Crippen LogP contribution in [-0.4, -0.2) is 34.1 Å². The van der Waals surface area contributed by atoms with Crippen LogP contribution in [0.25, 0.3) is 0 Å². The SMILES string of the molecule is CCCc1noc(COC(=O)c2cc([N+](=O)[O-])ccc2N2CCCCC2)n1. The Kier molecular flexibility index (Phi) is 6.00. The van der Waals surface area contributed by atoms with E-state index in [1.54, 1.807) is 6.07 Å². The average molecular weight is 374 g/mol.